The van der Waals surface area contributed by atoms with Gasteiger partial charge in [-0.05, 0) is 38.0 Å². The number of carbonyl (C=O) groups is 2. The molecular weight excluding hydrogens is 350 g/mol. The molecule has 0 radical (unpaired) electrons. The van der Waals surface area contributed by atoms with E-state index in [2.05, 4.69) is 10.3 Å². The molecule has 0 atom stereocenters. The molecule has 0 aliphatic carbocycles. The van der Waals surface area contributed by atoms with Crippen molar-refractivity contribution in [2.75, 3.05) is 12.9 Å². The number of para-hydroxylation sites is 1. The number of aromatic nitrogens is 1. The lowest BCUT2D eigenvalue weighted by Gasteiger charge is -2.13. The van der Waals surface area contributed by atoms with E-state index in [0.29, 0.717) is 17.1 Å². The number of primary amides is 1. The van der Waals surface area contributed by atoms with E-state index in [-0.39, 0.29) is 11.7 Å². The standard InChI is InChI=1S/C19H23N3O3S/c1-11-12(2)17(18(20)24)19(22-13(11)3)26-10-16(23)21-9-14-7-5-6-8-15(14)25-4/h5-8H,9-10H2,1-4H3,(H2,20,24)(H,21,23). The Hall–Kier alpha value is -2.54. The molecule has 2 aromatic rings. The number of nitrogens with zero attached hydrogens (tertiary/aromatic N) is 1. The topological polar surface area (TPSA) is 94.3 Å². The summed E-state index contributed by atoms with van der Waals surface area (Å²) in [5.41, 5.74) is 9.35. The summed E-state index contributed by atoms with van der Waals surface area (Å²) in [5.74, 6) is 0.177. The Morgan fingerprint density at radius 2 is 1.88 bits per heavy atom. The summed E-state index contributed by atoms with van der Waals surface area (Å²) in [6.07, 6.45) is 0. The van der Waals surface area contributed by atoms with Crippen LogP contribution in [0, 0.1) is 20.8 Å². The predicted octanol–water partition coefficient (Wildman–Crippen LogP) is 2.52. The minimum absolute atomic E-state index is 0.143. The molecule has 0 saturated carbocycles. The molecule has 0 spiro atoms. The van der Waals surface area contributed by atoms with Gasteiger partial charge in [0, 0.05) is 17.8 Å². The average Bonchev–Trinajstić information content (AvgIpc) is 2.62. The zero-order chi connectivity index (χ0) is 19.3. The maximum absolute atomic E-state index is 12.2. The molecule has 6 nitrogen and oxygen atoms in total. The van der Waals surface area contributed by atoms with Gasteiger partial charge in [0.15, 0.2) is 0 Å². The number of pyridine rings is 1. The van der Waals surface area contributed by atoms with E-state index in [1.54, 1.807) is 7.11 Å². The van der Waals surface area contributed by atoms with Gasteiger partial charge in [0.05, 0.1) is 18.4 Å². The maximum atomic E-state index is 12.2. The number of hydrogen-bond acceptors (Lipinski definition) is 5. The van der Waals surface area contributed by atoms with Gasteiger partial charge in [-0.3, -0.25) is 9.59 Å². The van der Waals surface area contributed by atoms with Crippen LogP contribution < -0.4 is 15.8 Å². The smallest absolute Gasteiger partial charge is 0.251 e. The predicted molar refractivity (Wildman–Crippen MR) is 103 cm³/mol. The molecule has 0 unspecified atom stereocenters. The summed E-state index contributed by atoms with van der Waals surface area (Å²) in [6, 6.07) is 7.50. The van der Waals surface area contributed by atoms with E-state index in [1.807, 2.05) is 45.0 Å². The molecule has 7 heteroatoms. The Kier molecular flexibility index (Phi) is 6.63. The van der Waals surface area contributed by atoms with Crippen LogP contribution in [0.15, 0.2) is 29.3 Å². The summed E-state index contributed by atoms with van der Waals surface area (Å²) >= 11 is 1.21. The summed E-state index contributed by atoms with van der Waals surface area (Å²) < 4.78 is 5.27. The Morgan fingerprint density at radius 1 is 1.19 bits per heavy atom. The Morgan fingerprint density at radius 3 is 2.54 bits per heavy atom. The first-order valence-corrected chi connectivity index (χ1v) is 9.12. The van der Waals surface area contributed by atoms with Crippen molar-refractivity contribution in [1.82, 2.24) is 10.3 Å². The molecule has 2 amide bonds. The highest BCUT2D eigenvalue weighted by Crippen LogP contribution is 2.26. The van der Waals surface area contributed by atoms with Crippen LogP contribution in [0.25, 0.3) is 0 Å². The Balaban J connectivity index is 2.05. The lowest BCUT2D eigenvalue weighted by atomic mass is 10.0. The number of carbonyl (C=O) groups excluding carboxylic acids is 2. The van der Waals surface area contributed by atoms with Gasteiger partial charge >= 0.3 is 0 Å². The van der Waals surface area contributed by atoms with Crippen molar-refractivity contribution >= 4 is 23.6 Å². The Bertz CT molecular complexity index is 837. The van der Waals surface area contributed by atoms with Crippen molar-refractivity contribution < 1.29 is 14.3 Å². The number of benzene rings is 1. The summed E-state index contributed by atoms with van der Waals surface area (Å²) in [4.78, 5) is 28.4. The molecule has 26 heavy (non-hydrogen) atoms. The van der Waals surface area contributed by atoms with Crippen LogP contribution in [0.1, 0.15) is 32.7 Å². The van der Waals surface area contributed by atoms with Crippen LogP contribution >= 0.6 is 11.8 Å². The summed E-state index contributed by atoms with van der Waals surface area (Å²) in [7, 11) is 1.59. The number of nitrogens with one attached hydrogen (secondary N) is 1. The number of thioether (sulfide) groups is 1. The molecule has 0 bridgehead atoms. The van der Waals surface area contributed by atoms with Gasteiger partial charge in [0.25, 0.3) is 5.91 Å². The first-order valence-electron chi connectivity index (χ1n) is 8.14. The normalized spacial score (nSPS) is 10.5. The average molecular weight is 373 g/mol. The second-order valence-corrected chi connectivity index (χ2v) is 6.83. The minimum Gasteiger partial charge on any atom is -0.496 e. The van der Waals surface area contributed by atoms with Gasteiger partial charge < -0.3 is 15.8 Å². The fourth-order valence-corrected chi connectivity index (χ4v) is 3.50. The van der Waals surface area contributed by atoms with Gasteiger partial charge in [0.2, 0.25) is 5.91 Å². The highest BCUT2D eigenvalue weighted by atomic mass is 32.2. The number of aryl methyl sites for hydroxylation is 1. The van der Waals surface area contributed by atoms with E-state index in [9.17, 15) is 9.59 Å². The van der Waals surface area contributed by atoms with Crippen LogP contribution in [0.3, 0.4) is 0 Å². The summed E-state index contributed by atoms with van der Waals surface area (Å²) in [6.45, 7) is 5.98. The molecule has 138 valence electrons. The van der Waals surface area contributed by atoms with Crippen LogP contribution in [0.5, 0.6) is 5.75 Å². The molecule has 0 aliphatic heterocycles. The van der Waals surface area contributed by atoms with Crippen LogP contribution in [0.4, 0.5) is 0 Å². The highest BCUT2D eigenvalue weighted by molar-refractivity contribution is 8.00. The van der Waals surface area contributed by atoms with Crippen LogP contribution in [-0.4, -0.2) is 29.7 Å². The van der Waals surface area contributed by atoms with Crippen LogP contribution in [0.2, 0.25) is 0 Å². The zero-order valence-corrected chi connectivity index (χ0v) is 16.2. The lowest BCUT2D eigenvalue weighted by Crippen LogP contribution is -2.25. The SMILES string of the molecule is COc1ccccc1CNC(=O)CSc1nc(C)c(C)c(C)c1C(N)=O. The second kappa shape index (κ2) is 8.71. The highest BCUT2D eigenvalue weighted by Gasteiger charge is 2.18. The third kappa shape index (κ3) is 4.54. The van der Waals surface area contributed by atoms with Crippen LogP contribution in [-0.2, 0) is 11.3 Å². The van der Waals surface area contributed by atoms with Crippen molar-refractivity contribution in [2.24, 2.45) is 5.73 Å². The molecule has 3 N–H and O–H groups in total. The number of rotatable bonds is 7. The molecule has 1 aromatic heterocycles. The van der Waals surface area contributed by atoms with Crippen molar-refractivity contribution in [3.05, 3.63) is 52.2 Å². The number of ether oxygens (including phenoxy) is 1. The molecule has 0 fully saturated rings. The van der Waals surface area contributed by atoms with Gasteiger partial charge in [0.1, 0.15) is 10.8 Å². The summed E-state index contributed by atoms with van der Waals surface area (Å²) in [5, 5.41) is 3.34. The van der Waals surface area contributed by atoms with E-state index in [4.69, 9.17) is 10.5 Å². The second-order valence-electron chi connectivity index (χ2n) is 5.87. The molecule has 1 aromatic carbocycles. The molecular formula is C19H23N3O3S. The number of amides is 2. The number of methoxy groups -OCH3 is 1. The zero-order valence-electron chi connectivity index (χ0n) is 15.4. The van der Waals surface area contributed by atoms with Crippen molar-refractivity contribution in [3.8, 4) is 5.75 Å². The van der Waals surface area contributed by atoms with Gasteiger partial charge in [-0.25, -0.2) is 4.98 Å². The molecule has 0 aliphatic rings. The first kappa shape index (κ1) is 19.8. The van der Waals surface area contributed by atoms with Gasteiger partial charge in [-0.2, -0.15) is 0 Å². The van der Waals surface area contributed by atoms with E-state index in [0.717, 1.165) is 28.1 Å². The van der Waals surface area contributed by atoms with E-state index < -0.39 is 5.91 Å². The largest absolute Gasteiger partial charge is 0.496 e. The van der Waals surface area contributed by atoms with Crippen molar-refractivity contribution in [1.29, 1.82) is 0 Å². The van der Waals surface area contributed by atoms with E-state index >= 15 is 0 Å². The third-order valence-corrected chi connectivity index (χ3v) is 5.19. The third-order valence-electron chi connectivity index (χ3n) is 4.22. The molecule has 1 heterocycles. The fraction of sp³-hybridized carbons (Fsp3) is 0.316. The minimum atomic E-state index is -0.532. The van der Waals surface area contributed by atoms with Crippen molar-refractivity contribution in [3.63, 3.8) is 0 Å². The monoisotopic (exact) mass is 373 g/mol. The fourth-order valence-electron chi connectivity index (χ4n) is 2.53. The van der Waals surface area contributed by atoms with Crippen molar-refractivity contribution in [2.45, 2.75) is 32.3 Å². The first-order chi connectivity index (χ1) is 12.3. The Labute approximate surface area is 157 Å². The van der Waals surface area contributed by atoms with Gasteiger partial charge in [-0.15, -0.1) is 0 Å². The maximum Gasteiger partial charge on any atom is 0.251 e. The van der Waals surface area contributed by atoms with E-state index in [1.165, 1.54) is 11.8 Å². The lowest BCUT2D eigenvalue weighted by molar-refractivity contribution is -0.118. The molecule has 2 rings (SSSR count). The quantitative estimate of drug-likeness (QED) is 0.727. The molecule has 0 saturated heterocycles. The number of nitrogens with two attached hydrogens (primary N) is 1. The van der Waals surface area contributed by atoms with Gasteiger partial charge in [-0.1, -0.05) is 30.0 Å². The number of hydrogen-bond donors (Lipinski definition) is 2.